The number of unbranched alkanes of at least 4 members (excludes halogenated alkanes) is 5. The van der Waals surface area contributed by atoms with E-state index in [2.05, 4.69) is 36.5 Å². The van der Waals surface area contributed by atoms with Gasteiger partial charge < -0.3 is 24.3 Å². The fraction of sp³-hybridized carbons (Fsp3) is 0.760. The van der Waals surface area contributed by atoms with Gasteiger partial charge in [-0.1, -0.05) is 51.2 Å². The molecule has 0 aromatic heterocycles. The van der Waals surface area contributed by atoms with E-state index in [0.29, 0.717) is 45.7 Å². The minimum absolute atomic E-state index is 0.396. The molecule has 172 valence electrons. The average Bonchev–Trinajstić information content (AvgIpc) is 2.79. The molecular weight excluding hydrogens is 378 g/mol. The van der Waals surface area contributed by atoms with Crippen molar-refractivity contribution in [2.75, 3.05) is 52.7 Å². The Bertz CT molecular complexity index is 502. The number of benzene rings is 1. The number of hydrogen-bond donors (Lipinski definition) is 1. The predicted octanol–water partition coefficient (Wildman–Crippen LogP) is 4.77. The van der Waals surface area contributed by atoms with Crippen molar-refractivity contribution in [3.05, 3.63) is 29.8 Å². The Morgan fingerprint density at radius 1 is 0.767 bits per heavy atom. The Morgan fingerprint density at radius 2 is 1.40 bits per heavy atom. The molecule has 1 aromatic carbocycles. The molecule has 1 aliphatic rings. The number of hydrogen-bond acceptors (Lipinski definition) is 5. The fourth-order valence-electron chi connectivity index (χ4n) is 3.64. The van der Waals surface area contributed by atoms with Gasteiger partial charge in [-0.15, -0.1) is 0 Å². The van der Waals surface area contributed by atoms with Crippen LogP contribution in [0, 0.1) is 0 Å². The van der Waals surface area contributed by atoms with E-state index in [9.17, 15) is 0 Å². The molecule has 1 aliphatic heterocycles. The van der Waals surface area contributed by atoms with E-state index in [4.69, 9.17) is 18.9 Å². The van der Waals surface area contributed by atoms with Crippen LogP contribution in [0.4, 0.5) is 0 Å². The molecule has 2 rings (SSSR count). The van der Waals surface area contributed by atoms with Crippen LogP contribution in [0.15, 0.2) is 24.3 Å². The smallest absolute Gasteiger partial charge is 0.119 e. The molecule has 1 N–H and O–H groups in total. The summed E-state index contributed by atoms with van der Waals surface area (Å²) in [4.78, 5) is 0. The Balaban J connectivity index is 1.37. The molecule has 30 heavy (non-hydrogen) atoms. The lowest BCUT2D eigenvalue weighted by atomic mass is 10.0. The molecule has 0 radical (unpaired) electrons. The molecule has 1 aromatic rings. The molecule has 0 amide bonds. The zero-order valence-electron chi connectivity index (χ0n) is 19.0. The highest BCUT2D eigenvalue weighted by molar-refractivity contribution is 5.27. The monoisotopic (exact) mass is 421 g/mol. The van der Waals surface area contributed by atoms with E-state index in [1.54, 1.807) is 0 Å². The average molecular weight is 422 g/mol. The number of aryl methyl sites for hydroxylation is 1. The first-order valence-electron chi connectivity index (χ1n) is 12.1. The van der Waals surface area contributed by atoms with Crippen molar-refractivity contribution in [2.24, 2.45) is 0 Å². The number of ether oxygens (including phenoxy) is 4. The van der Waals surface area contributed by atoms with Crippen molar-refractivity contribution >= 4 is 0 Å². The third-order valence-corrected chi connectivity index (χ3v) is 5.48. The number of nitrogens with one attached hydrogen (secondary N) is 1. The summed E-state index contributed by atoms with van der Waals surface area (Å²) < 4.78 is 22.7. The molecular formula is C25H43NO4. The lowest BCUT2D eigenvalue weighted by Crippen LogP contribution is -2.33. The zero-order chi connectivity index (χ0) is 21.1. The SMILES string of the molecule is CCCCCCCCc1ccc(OCCOCCOCCOC2CCNCC2)cc1. The Hall–Kier alpha value is -1.14. The summed E-state index contributed by atoms with van der Waals surface area (Å²) in [5.41, 5.74) is 1.40. The summed E-state index contributed by atoms with van der Waals surface area (Å²) >= 11 is 0. The molecule has 0 saturated carbocycles. The van der Waals surface area contributed by atoms with Gasteiger partial charge in [0.2, 0.25) is 0 Å². The zero-order valence-corrected chi connectivity index (χ0v) is 19.0. The quantitative estimate of drug-likeness (QED) is 0.346. The van der Waals surface area contributed by atoms with Crippen LogP contribution in [0.5, 0.6) is 5.75 Å². The Morgan fingerprint density at radius 3 is 2.13 bits per heavy atom. The largest absolute Gasteiger partial charge is 0.491 e. The third-order valence-electron chi connectivity index (χ3n) is 5.48. The van der Waals surface area contributed by atoms with Gasteiger partial charge in [0.05, 0.1) is 39.1 Å². The van der Waals surface area contributed by atoms with E-state index >= 15 is 0 Å². The molecule has 1 saturated heterocycles. The van der Waals surface area contributed by atoms with Crippen LogP contribution in [0.3, 0.4) is 0 Å². The van der Waals surface area contributed by atoms with Gasteiger partial charge in [-0.2, -0.15) is 0 Å². The first-order valence-corrected chi connectivity index (χ1v) is 12.1. The summed E-state index contributed by atoms with van der Waals surface area (Å²) in [7, 11) is 0. The first-order chi connectivity index (χ1) is 14.9. The van der Waals surface area contributed by atoms with Gasteiger partial charge in [0, 0.05) is 0 Å². The summed E-state index contributed by atoms with van der Waals surface area (Å²) in [6.45, 7) is 8.02. The van der Waals surface area contributed by atoms with Gasteiger partial charge in [0.25, 0.3) is 0 Å². The van der Waals surface area contributed by atoms with Gasteiger partial charge in [-0.05, 0) is 56.5 Å². The molecule has 0 bridgehead atoms. The molecule has 5 heteroatoms. The van der Waals surface area contributed by atoms with E-state index in [1.807, 2.05) is 0 Å². The van der Waals surface area contributed by atoms with E-state index in [0.717, 1.165) is 31.7 Å². The number of piperidine rings is 1. The summed E-state index contributed by atoms with van der Waals surface area (Å²) in [6, 6.07) is 8.50. The van der Waals surface area contributed by atoms with Crippen LogP contribution in [-0.4, -0.2) is 58.8 Å². The van der Waals surface area contributed by atoms with Crippen molar-refractivity contribution < 1.29 is 18.9 Å². The Labute approximate surface area is 183 Å². The maximum absolute atomic E-state index is 5.80. The molecule has 0 atom stereocenters. The second-order valence-electron chi connectivity index (χ2n) is 8.06. The van der Waals surface area contributed by atoms with Gasteiger partial charge in [0.1, 0.15) is 12.4 Å². The van der Waals surface area contributed by atoms with Crippen LogP contribution in [0.25, 0.3) is 0 Å². The minimum atomic E-state index is 0.396. The first kappa shape index (κ1) is 25.1. The molecule has 1 fully saturated rings. The van der Waals surface area contributed by atoms with Gasteiger partial charge >= 0.3 is 0 Å². The van der Waals surface area contributed by atoms with Crippen molar-refractivity contribution in [3.8, 4) is 5.75 Å². The topological polar surface area (TPSA) is 49.0 Å². The van der Waals surface area contributed by atoms with Crippen molar-refractivity contribution in [1.29, 1.82) is 0 Å². The van der Waals surface area contributed by atoms with E-state index in [-0.39, 0.29) is 0 Å². The molecule has 0 aliphatic carbocycles. The van der Waals surface area contributed by atoms with Crippen molar-refractivity contribution in [3.63, 3.8) is 0 Å². The van der Waals surface area contributed by atoms with E-state index < -0.39 is 0 Å². The second kappa shape index (κ2) is 17.5. The van der Waals surface area contributed by atoms with Crippen molar-refractivity contribution in [2.45, 2.75) is 70.8 Å². The fourth-order valence-corrected chi connectivity index (χ4v) is 3.64. The van der Waals surface area contributed by atoms with Gasteiger partial charge in [-0.3, -0.25) is 0 Å². The molecule has 5 nitrogen and oxygen atoms in total. The van der Waals surface area contributed by atoms with Gasteiger partial charge in [-0.25, -0.2) is 0 Å². The maximum atomic E-state index is 5.80. The van der Waals surface area contributed by atoms with E-state index in [1.165, 1.54) is 50.5 Å². The highest BCUT2D eigenvalue weighted by Gasteiger charge is 2.12. The molecule has 1 heterocycles. The molecule has 0 spiro atoms. The predicted molar refractivity (Wildman–Crippen MR) is 122 cm³/mol. The number of rotatable bonds is 18. The van der Waals surface area contributed by atoms with Crippen LogP contribution < -0.4 is 10.1 Å². The van der Waals surface area contributed by atoms with Crippen molar-refractivity contribution in [1.82, 2.24) is 5.32 Å². The lowest BCUT2D eigenvalue weighted by Gasteiger charge is -2.22. The third kappa shape index (κ3) is 12.5. The summed E-state index contributed by atoms with van der Waals surface area (Å²) in [5, 5.41) is 3.34. The lowest BCUT2D eigenvalue weighted by molar-refractivity contribution is -0.0214. The minimum Gasteiger partial charge on any atom is -0.491 e. The highest BCUT2D eigenvalue weighted by atomic mass is 16.6. The summed E-state index contributed by atoms with van der Waals surface area (Å²) in [6.07, 6.45) is 11.8. The van der Waals surface area contributed by atoms with Crippen LogP contribution in [0.1, 0.15) is 63.9 Å². The normalized spacial score (nSPS) is 14.8. The molecule has 0 unspecified atom stereocenters. The standard InChI is InChI=1S/C25H43NO4/c1-2-3-4-5-6-7-8-23-9-11-24(12-10-23)29-21-19-27-17-18-28-20-22-30-25-13-15-26-16-14-25/h9-12,25-26H,2-8,13-22H2,1H3. The van der Waals surface area contributed by atoms with Crippen LogP contribution in [-0.2, 0) is 20.6 Å². The summed E-state index contributed by atoms with van der Waals surface area (Å²) in [5.74, 6) is 0.914. The van der Waals surface area contributed by atoms with Crippen LogP contribution in [0.2, 0.25) is 0 Å². The van der Waals surface area contributed by atoms with Gasteiger partial charge in [0.15, 0.2) is 0 Å². The second-order valence-corrected chi connectivity index (χ2v) is 8.06. The van der Waals surface area contributed by atoms with Crippen LogP contribution >= 0.6 is 0 Å². The Kier molecular flexibility index (Phi) is 14.7. The highest BCUT2D eigenvalue weighted by Crippen LogP contribution is 2.15. The maximum Gasteiger partial charge on any atom is 0.119 e.